The van der Waals surface area contributed by atoms with Crippen molar-refractivity contribution in [1.29, 1.82) is 0 Å². The van der Waals surface area contributed by atoms with Gasteiger partial charge in [0.25, 0.3) is 11.6 Å². The van der Waals surface area contributed by atoms with Crippen LogP contribution < -0.4 is 5.32 Å². The molecule has 0 bridgehead atoms. The lowest BCUT2D eigenvalue weighted by Crippen LogP contribution is -2.30. The van der Waals surface area contributed by atoms with Crippen molar-refractivity contribution in [2.24, 2.45) is 0 Å². The minimum Gasteiger partial charge on any atom is -0.479 e. The Kier molecular flexibility index (Phi) is 5.15. The molecule has 0 saturated heterocycles. The number of carbonyl (C=O) groups excluding carboxylic acids is 1. The van der Waals surface area contributed by atoms with Gasteiger partial charge in [-0.3, -0.25) is 14.9 Å². The molecule has 0 aliphatic heterocycles. The number of aliphatic hydroxyl groups is 1. The molecule has 0 unspecified atom stereocenters. The van der Waals surface area contributed by atoms with Crippen LogP contribution in [0.15, 0.2) is 18.2 Å². The first-order valence-electron chi connectivity index (χ1n) is 5.77. The Morgan fingerprint density at radius 2 is 2.10 bits per heavy atom. The summed E-state index contributed by atoms with van der Waals surface area (Å²) < 4.78 is 0. The highest BCUT2D eigenvalue weighted by molar-refractivity contribution is 5.98. The number of nitrogens with zero attached hydrogens (tertiary/aromatic N) is 1. The second-order valence-electron chi connectivity index (χ2n) is 4.13. The van der Waals surface area contributed by atoms with Gasteiger partial charge < -0.3 is 15.5 Å². The number of hydrogen-bond donors (Lipinski definition) is 3. The molecule has 0 aliphatic carbocycles. The van der Waals surface area contributed by atoms with E-state index in [2.05, 4.69) is 5.32 Å². The molecule has 0 fully saturated rings. The largest absolute Gasteiger partial charge is 0.479 e. The van der Waals surface area contributed by atoms with Gasteiger partial charge in [0.2, 0.25) is 0 Å². The maximum absolute atomic E-state index is 11.8. The summed E-state index contributed by atoms with van der Waals surface area (Å²) in [6, 6.07) is 4.35. The van der Waals surface area contributed by atoms with Crippen molar-refractivity contribution >= 4 is 17.6 Å². The molecule has 1 atom stereocenters. The van der Waals surface area contributed by atoms with E-state index in [-0.39, 0.29) is 24.2 Å². The van der Waals surface area contributed by atoms with Crippen molar-refractivity contribution in [3.05, 3.63) is 39.4 Å². The number of aliphatic carboxylic acids is 1. The Morgan fingerprint density at radius 3 is 2.65 bits per heavy atom. The van der Waals surface area contributed by atoms with Gasteiger partial charge in [0, 0.05) is 18.5 Å². The summed E-state index contributed by atoms with van der Waals surface area (Å²) >= 11 is 0. The van der Waals surface area contributed by atoms with Gasteiger partial charge in [0.05, 0.1) is 4.92 Å². The van der Waals surface area contributed by atoms with Crippen LogP contribution in [0.3, 0.4) is 0 Å². The Morgan fingerprint density at radius 1 is 1.45 bits per heavy atom. The fourth-order valence-electron chi connectivity index (χ4n) is 1.63. The lowest BCUT2D eigenvalue weighted by molar-refractivity contribution is -0.385. The van der Waals surface area contributed by atoms with Crippen LogP contribution >= 0.6 is 0 Å². The maximum atomic E-state index is 11.8. The van der Waals surface area contributed by atoms with E-state index in [4.69, 9.17) is 10.2 Å². The Labute approximate surface area is 114 Å². The van der Waals surface area contributed by atoms with Gasteiger partial charge in [0.15, 0.2) is 6.10 Å². The fraction of sp³-hybridized carbons (Fsp3) is 0.333. The third kappa shape index (κ3) is 3.75. The van der Waals surface area contributed by atoms with E-state index in [0.29, 0.717) is 5.56 Å². The topological polar surface area (TPSA) is 130 Å². The summed E-state index contributed by atoms with van der Waals surface area (Å²) in [4.78, 5) is 32.5. The molecule has 0 aromatic heterocycles. The number of carboxylic acids is 1. The van der Waals surface area contributed by atoms with Gasteiger partial charge in [-0.05, 0) is 13.0 Å². The van der Waals surface area contributed by atoms with Gasteiger partial charge in [0.1, 0.15) is 5.56 Å². The average Bonchev–Trinajstić information content (AvgIpc) is 2.37. The lowest BCUT2D eigenvalue weighted by Gasteiger charge is -2.08. The van der Waals surface area contributed by atoms with Crippen molar-refractivity contribution in [3.63, 3.8) is 0 Å². The number of para-hydroxylation sites is 1. The molecule has 8 heteroatoms. The van der Waals surface area contributed by atoms with Crippen molar-refractivity contribution in [2.45, 2.75) is 19.4 Å². The number of benzene rings is 1. The summed E-state index contributed by atoms with van der Waals surface area (Å²) in [5.41, 5.74) is -0.0307. The SMILES string of the molecule is Cc1cccc(C(=O)NCC[C@H](O)C(=O)O)c1[N+](=O)[O-]. The fourth-order valence-corrected chi connectivity index (χ4v) is 1.63. The van der Waals surface area contributed by atoms with Crippen LogP contribution in [0.2, 0.25) is 0 Å². The number of nitro groups is 1. The first-order chi connectivity index (χ1) is 9.34. The molecule has 0 saturated carbocycles. The summed E-state index contributed by atoms with van der Waals surface area (Å²) in [6.07, 6.45) is -1.76. The summed E-state index contributed by atoms with van der Waals surface area (Å²) in [7, 11) is 0. The molecule has 20 heavy (non-hydrogen) atoms. The zero-order valence-corrected chi connectivity index (χ0v) is 10.7. The van der Waals surface area contributed by atoms with Crippen molar-refractivity contribution in [2.75, 3.05) is 6.54 Å². The summed E-state index contributed by atoms with van der Waals surface area (Å²) in [6.45, 7) is 1.42. The highest BCUT2D eigenvalue weighted by atomic mass is 16.6. The second kappa shape index (κ2) is 6.62. The van der Waals surface area contributed by atoms with Gasteiger partial charge >= 0.3 is 5.97 Å². The molecule has 1 amide bonds. The summed E-state index contributed by atoms with van der Waals surface area (Å²) in [5, 5.41) is 30.8. The Hall–Kier alpha value is -2.48. The molecule has 1 aromatic rings. The van der Waals surface area contributed by atoms with Gasteiger partial charge in [-0.1, -0.05) is 12.1 Å². The van der Waals surface area contributed by atoms with Crippen LogP contribution in [0.25, 0.3) is 0 Å². The highest BCUT2D eigenvalue weighted by Crippen LogP contribution is 2.22. The minimum absolute atomic E-state index is 0.0974. The molecule has 0 radical (unpaired) electrons. The number of carbonyl (C=O) groups is 2. The zero-order chi connectivity index (χ0) is 15.3. The Bertz CT molecular complexity index is 543. The first kappa shape index (κ1) is 15.6. The molecule has 1 rings (SSSR count). The molecule has 0 aliphatic rings. The summed E-state index contributed by atoms with van der Waals surface area (Å²) in [5.74, 6) is -2.07. The second-order valence-corrected chi connectivity index (χ2v) is 4.13. The average molecular weight is 282 g/mol. The van der Waals surface area contributed by atoms with Crippen LogP contribution in [-0.4, -0.2) is 39.7 Å². The quantitative estimate of drug-likeness (QED) is 0.513. The predicted octanol–water partition coefficient (Wildman–Crippen LogP) is 0.469. The first-order valence-corrected chi connectivity index (χ1v) is 5.77. The molecule has 0 spiro atoms. The number of nitrogens with one attached hydrogen (secondary N) is 1. The van der Waals surface area contributed by atoms with E-state index < -0.39 is 22.9 Å². The third-order valence-electron chi connectivity index (χ3n) is 2.65. The van der Waals surface area contributed by atoms with E-state index in [9.17, 15) is 19.7 Å². The molecule has 1 aromatic carbocycles. The Balaban J connectivity index is 2.76. The van der Waals surface area contributed by atoms with E-state index in [0.717, 1.165) is 0 Å². The number of aryl methyl sites for hydroxylation is 1. The van der Waals surface area contributed by atoms with Crippen LogP contribution in [0.4, 0.5) is 5.69 Å². The lowest BCUT2D eigenvalue weighted by atomic mass is 10.1. The van der Waals surface area contributed by atoms with E-state index in [1.807, 2.05) is 0 Å². The minimum atomic E-state index is -1.58. The van der Waals surface area contributed by atoms with E-state index in [1.54, 1.807) is 0 Å². The van der Waals surface area contributed by atoms with E-state index >= 15 is 0 Å². The predicted molar refractivity (Wildman–Crippen MR) is 68.4 cm³/mol. The van der Waals surface area contributed by atoms with Crippen molar-refractivity contribution < 1.29 is 24.7 Å². The monoisotopic (exact) mass is 282 g/mol. The molecule has 108 valence electrons. The van der Waals surface area contributed by atoms with Crippen molar-refractivity contribution in [3.8, 4) is 0 Å². The standard InChI is InChI=1S/C12H14N2O6/c1-7-3-2-4-8(10(7)14(19)20)11(16)13-6-5-9(15)12(17)18/h2-4,9,15H,5-6H2,1H3,(H,13,16)(H,17,18)/t9-/m0/s1. The number of aliphatic hydroxyl groups excluding tert-OH is 1. The number of amides is 1. The van der Waals surface area contributed by atoms with Gasteiger partial charge in [-0.2, -0.15) is 0 Å². The van der Waals surface area contributed by atoms with Gasteiger partial charge in [-0.15, -0.1) is 0 Å². The highest BCUT2D eigenvalue weighted by Gasteiger charge is 2.22. The number of rotatable bonds is 6. The molecule has 0 heterocycles. The van der Waals surface area contributed by atoms with Crippen LogP contribution in [0.1, 0.15) is 22.3 Å². The third-order valence-corrected chi connectivity index (χ3v) is 2.65. The number of hydrogen-bond acceptors (Lipinski definition) is 5. The van der Waals surface area contributed by atoms with Crippen LogP contribution in [0.5, 0.6) is 0 Å². The maximum Gasteiger partial charge on any atom is 0.332 e. The molecule has 8 nitrogen and oxygen atoms in total. The van der Waals surface area contributed by atoms with Gasteiger partial charge in [-0.25, -0.2) is 4.79 Å². The van der Waals surface area contributed by atoms with Crippen molar-refractivity contribution in [1.82, 2.24) is 5.32 Å². The zero-order valence-electron chi connectivity index (χ0n) is 10.7. The van der Waals surface area contributed by atoms with Crippen LogP contribution in [0, 0.1) is 17.0 Å². The molecule has 3 N–H and O–H groups in total. The number of nitro benzene ring substituents is 1. The van der Waals surface area contributed by atoms with E-state index in [1.165, 1.54) is 25.1 Å². The molecular weight excluding hydrogens is 268 g/mol. The van der Waals surface area contributed by atoms with Crippen LogP contribution in [-0.2, 0) is 4.79 Å². The normalized spacial score (nSPS) is 11.7. The smallest absolute Gasteiger partial charge is 0.332 e. The molecular formula is C12H14N2O6. The number of carboxylic acid groups (broad SMARTS) is 1.